The second kappa shape index (κ2) is 8.49. The Hall–Kier alpha value is -1.86. The molecule has 3 heterocycles. The summed E-state index contributed by atoms with van der Waals surface area (Å²) in [5.74, 6) is 0.457. The summed E-state index contributed by atoms with van der Waals surface area (Å²) >= 11 is 3.01. The predicted octanol–water partition coefficient (Wildman–Crippen LogP) is 3.15. The molecule has 25 heavy (non-hydrogen) atoms. The van der Waals surface area contributed by atoms with Crippen molar-refractivity contribution in [1.29, 1.82) is 0 Å². The van der Waals surface area contributed by atoms with E-state index in [1.165, 1.54) is 23.1 Å². The van der Waals surface area contributed by atoms with Crippen molar-refractivity contribution in [2.75, 3.05) is 25.9 Å². The highest BCUT2D eigenvalue weighted by Crippen LogP contribution is 2.22. The fourth-order valence-electron chi connectivity index (χ4n) is 2.96. The Bertz CT molecular complexity index is 726. The molecule has 3 rings (SSSR count). The van der Waals surface area contributed by atoms with Crippen molar-refractivity contribution in [2.24, 2.45) is 5.92 Å². The van der Waals surface area contributed by atoms with Crippen LogP contribution in [0.3, 0.4) is 0 Å². The number of piperidine rings is 1. The van der Waals surface area contributed by atoms with Crippen molar-refractivity contribution in [3.05, 3.63) is 46.3 Å². The van der Waals surface area contributed by atoms with Crippen LogP contribution in [0.15, 0.2) is 40.2 Å². The van der Waals surface area contributed by atoms with Crippen LogP contribution in [0.25, 0.3) is 0 Å². The summed E-state index contributed by atoms with van der Waals surface area (Å²) < 4.78 is 0. The maximum absolute atomic E-state index is 12.7. The minimum atomic E-state index is -0.0141. The first-order valence-corrected chi connectivity index (χ1v) is 10.4. The van der Waals surface area contributed by atoms with E-state index in [1.54, 1.807) is 12.3 Å². The third kappa shape index (κ3) is 4.41. The number of likely N-dealkylation sites (tertiary alicyclic amines) is 1. The number of nitrogens with zero attached hydrogens (tertiary/aromatic N) is 2. The smallest absolute Gasteiger partial charge is 0.256 e. The zero-order valence-corrected chi connectivity index (χ0v) is 15.7. The molecule has 0 bridgehead atoms. The van der Waals surface area contributed by atoms with E-state index in [1.807, 2.05) is 34.0 Å². The minimum absolute atomic E-state index is 0.0141. The lowest BCUT2D eigenvalue weighted by Crippen LogP contribution is -2.41. The Morgan fingerprint density at radius 2 is 2.16 bits per heavy atom. The second-order valence-electron chi connectivity index (χ2n) is 6.02. The Morgan fingerprint density at radius 1 is 1.36 bits per heavy atom. The monoisotopic (exact) mass is 375 g/mol. The van der Waals surface area contributed by atoms with Gasteiger partial charge in [-0.1, -0.05) is 0 Å². The van der Waals surface area contributed by atoms with Gasteiger partial charge in [-0.3, -0.25) is 9.59 Å². The number of carbonyl (C=O) groups is 2. The largest absolute Gasteiger partial charge is 0.352 e. The van der Waals surface area contributed by atoms with Crippen molar-refractivity contribution >= 4 is 34.9 Å². The highest BCUT2D eigenvalue weighted by molar-refractivity contribution is 7.98. The van der Waals surface area contributed by atoms with E-state index < -0.39 is 0 Å². The molecule has 1 aliphatic heterocycles. The first-order valence-electron chi connectivity index (χ1n) is 8.27. The molecule has 0 unspecified atom stereocenters. The highest BCUT2D eigenvalue weighted by Gasteiger charge is 2.25. The SMILES string of the molecule is CSc1ncccc1C(=O)N1CCC(CNC(=O)c2ccsc2)CC1. The first-order chi connectivity index (χ1) is 12.2. The van der Waals surface area contributed by atoms with Crippen molar-refractivity contribution in [3.63, 3.8) is 0 Å². The fourth-order valence-corrected chi connectivity index (χ4v) is 4.14. The lowest BCUT2D eigenvalue weighted by molar-refractivity contribution is 0.0680. The molecule has 2 amide bonds. The number of hydrogen-bond donors (Lipinski definition) is 1. The number of nitrogens with one attached hydrogen (secondary N) is 1. The Labute approximate surface area is 155 Å². The Kier molecular flexibility index (Phi) is 6.09. The molecule has 0 saturated carbocycles. The molecule has 0 atom stereocenters. The van der Waals surface area contributed by atoms with Gasteiger partial charge < -0.3 is 10.2 Å². The maximum Gasteiger partial charge on any atom is 0.256 e. The molecule has 7 heteroatoms. The number of pyridine rings is 1. The Morgan fingerprint density at radius 3 is 2.84 bits per heavy atom. The third-order valence-electron chi connectivity index (χ3n) is 4.43. The summed E-state index contributed by atoms with van der Waals surface area (Å²) in [6.07, 6.45) is 5.46. The van der Waals surface area contributed by atoms with Gasteiger partial charge >= 0.3 is 0 Å². The lowest BCUT2D eigenvalue weighted by Gasteiger charge is -2.32. The molecule has 2 aromatic heterocycles. The van der Waals surface area contributed by atoms with Crippen LogP contribution in [0.4, 0.5) is 0 Å². The van der Waals surface area contributed by atoms with Crippen LogP contribution in [0, 0.1) is 5.92 Å². The number of carbonyl (C=O) groups excluding carboxylic acids is 2. The van der Waals surface area contributed by atoms with Gasteiger partial charge in [-0.05, 0) is 48.6 Å². The molecule has 0 aromatic carbocycles. The molecular formula is C18H21N3O2S2. The van der Waals surface area contributed by atoms with Gasteiger partial charge in [-0.15, -0.1) is 11.8 Å². The van der Waals surface area contributed by atoms with E-state index in [4.69, 9.17) is 0 Å². The molecule has 0 spiro atoms. The van der Waals surface area contributed by atoms with Crippen molar-refractivity contribution in [3.8, 4) is 0 Å². The molecule has 1 fully saturated rings. The fraction of sp³-hybridized carbons (Fsp3) is 0.389. The van der Waals surface area contributed by atoms with E-state index in [2.05, 4.69) is 10.3 Å². The van der Waals surface area contributed by atoms with Crippen LogP contribution in [0.1, 0.15) is 33.6 Å². The average molecular weight is 376 g/mol. The van der Waals surface area contributed by atoms with Crippen LogP contribution >= 0.6 is 23.1 Å². The van der Waals surface area contributed by atoms with Gasteiger partial charge in [-0.25, -0.2) is 4.98 Å². The van der Waals surface area contributed by atoms with E-state index in [0.29, 0.717) is 18.0 Å². The number of thioether (sulfide) groups is 1. The van der Waals surface area contributed by atoms with Gasteiger partial charge in [0, 0.05) is 36.8 Å². The predicted molar refractivity (Wildman–Crippen MR) is 101 cm³/mol. The standard InChI is InChI=1S/C18H21N3O2S2/c1-24-17-15(3-2-7-19-17)18(23)21-8-4-13(5-9-21)11-20-16(22)14-6-10-25-12-14/h2-3,6-7,10,12-13H,4-5,8-9,11H2,1H3,(H,20,22). The molecule has 5 nitrogen and oxygen atoms in total. The normalized spacial score (nSPS) is 15.2. The van der Waals surface area contributed by atoms with Gasteiger partial charge in [-0.2, -0.15) is 11.3 Å². The molecule has 1 N–H and O–H groups in total. The molecule has 132 valence electrons. The van der Waals surface area contributed by atoms with Crippen LogP contribution in [-0.2, 0) is 0 Å². The van der Waals surface area contributed by atoms with Crippen LogP contribution in [-0.4, -0.2) is 47.6 Å². The summed E-state index contributed by atoms with van der Waals surface area (Å²) in [4.78, 5) is 30.9. The topological polar surface area (TPSA) is 62.3 Å². The van der Waals surface area contributed by atoms with Gasteiger partial charge in [0.25, 0.3) is 11.8 Å². The molecule has 0 aliphatic carbocycles. The summed E-state index contributed by atoms with van der Waals surface area (Å²) in [7, 11) is 0. The van der Waals surface area contributed by atoms with Gasteiger partial charge in [0.15, 0.2) is 0 Å². The number of rotatable bonds is 5. The van der Waals surface area contributed by atoms with Crippen LogP contribution in [0.5, 0.6) is 0 Å². The van der Waals surface area contributed by atoms with Gasteiger partial charge in [0.1, 0.15) is 5.03 Å². The maximum atomic E-state index is 12.7. The first kappa shape index (κ1) is 17.9. The van der Waals surface area contributed by atoms with E-state index >= 15 is 0 Å². The van der Waals surface area contributed by atoms with Crippen molar-refractivity contribution in [1.82, 2.24) is 15.2 Å². The van der Waals surface area contributed by atoms with Crippen LogP contribution in [0.2, 0.25) is 0 Å². The molecular weight excluding hydrogens is 354 g/mol. The molecule has 0 radical (unpaired) electrons. The number of hydrogen-bond acceptors (Lipinski definition) is 5. The number of thiophene rings is 1. The summed E-state index contributed by atoms with van der Waals surface area (Å²) in [5.41, 5.74) is 1.40. The molecule has 1 saturated heterocycles. The van der Waals surface area contributed by atoms with Gasteiger partial charge in [0.05, 0.1) is 5.56 Å². The van der Waals surface area contributed by atoms with Gasteiger partial charge in [0.2, 0.25) is 0 Å². The van der Waals surface area contributed by atoms with E-state index in [-0.39, 0.29) is 11.8 Å². The Balaban J connectivity index is 1.50. The zero-order chi connectivity index (χ0) is 17.6. The summed E-state index contributed by atoms with van der Waals surface area (Å²) in [6.45, 7) is 2.11. The number of amides is 2. The summed E-state index contributed by atoms with van der Waals surface area (Å²) in [6, 6.07) is 5.48. The third-order valence-corrected chi connectivity index (χ3v) is 5.83. The minimum Gasteiger partial charge on any atom is -0.352 e. The highest BCUT2D eigenvalue weighted by atomic mass is 32.2. The molecule has 2 aromatic rings. The zero-order valence-electron chi connectivity index (χ0n) is 14.1. The second-order valence-corrected chi connectivity index (χ2v) is 7.59. The van der Waals surface area contributed by atoms with Crippen molar-refractivity contribution < 1.29 is 9.59 Å². The summed E-state index contributed by atoms with van der Waals surface area (Å²) in [5, 5.41) is 7.53. The number of aromatic nitrogens is 1. The van der Waals surface area contributed by atoms with E-state index in [9.17, 15) is 9.59 Å². The van der Waals surface area contributed by atoms with Crippen LogP contribution < -0.4 is 5.32 Å². The van der Waals surface area contributed by atoms with Crippen molar-refractivity contribution in [2.45, 2.75) is 17.9 Å². The molecule has 1 aliphatic rings. The quantitative estimate of drug-likeness (QED) is 0.816. The van der Waals surface area contributed by atoms with E-state index in [0.717, 1.165) is 36.5 Å². The average Bonchev–Trinajstić information content (AvgIpc) is 3.21. The lowest BCUT2D eigenvalue weighted by atomic mass is 9.96.